The number of aromatic hydroxyl groups is 1. The van der Waals surface area contributed by atoms with Crippen LogP contribution in [0, 0.1) is 10.1 Å². The van der Waals surface area contributed by atoms with Crippen LogP contribution in [0.5, 0.6) is 11.5 Å². The number of hydrogen-bond acceptors (Lipinski definition) is 4. The van der Waals surface area contributed by atoms with Crippen LogP contribution in [0.25, 0.3) is 0 Å². The van der Waals surface area contributed by atoms with Crippen LogP contribution in [0.15, 0.2) is 48.5 Å². The molecule has 92 valence electrons. The van der Waals surface area contributed by atoms with E-state index in [2.05, 4.69) is 0 Å². The molecule has 18 heavy (non-hydrogen) atoms. The maximum atomic E-state index is 10.6. The molecular formula is C13H11NO4. The molecule has 0 aliphatic carbocycles. The van der Waals surface area contributed by atoms with Gasteiger partial charge in [-0.15, -0.1) is 0 Å². The van der Waals surface area contributed by atoms with E-state index in [0.717, 1.165) is 0 Å². The van der Waals surface area contributed by atoms with E-state index < -0.39 is 4.92 Å². The van der Waals surface area contributed by atoms with Gasteiger partial charge in [0.05, 0.1) is 4.92 Å². The standard InChI is InChI=1S/C13H11NO4/c15-12-6-1-2-7-13(12)18-9-10-4-3-5-11(8-10)14(16)17/h1-8,15H,9H2. The maximum Gasteiger partial charge on any atom is 0.269 e. The molecular weight excluding hydrogens is 234 g/mol. The quantitative estimate of drug-likeness (QED) is 0.664. The molecule has 2 rings (SSSR count). The Morgan fingerprint density at radius 3 is 2.67 bits per heavy atom. The van der Waals surface area contributed by atoms with E-state index in [1.54, 1.807) is 30.3 Å². The normalized spacial score (nSPS) is 10.0. The Labute approximate surface area is 103 Å². The maximum absolute atomic E-state index is 10.6. The minimum atomic E-state index is -0.455. The van der Waals surface area contributed by atoms with Gasteiger partial charge < -0.3 is 9.84 Å². The van der Waals surface area contributed by atoms with Gasteiger partial charge in [0, 0.05) is 12.1 Å². The molecule has 0 aliphatic rings. The number of phenols is 1. The van der Waals surface area contributed by atoms with Crippen molar-refractivity contribution in [3.05, 3.63) is 64.2 Å². The van der Waals surface area contributed by atoms with Gasteiger partial charge in [-0.2, -0.15) is 0 Å². The lowest BCUT2D eigenvalue weighted by atomic mass is 10.2. The first-order valence-corrected chi connectivity index (χ1v) is 5.31. The molecule has 0 atom stereocenters. The first kappa shape index (κ1) is 11.9. The molecule has 0 aliphatic heterocycles. The van der Waals surface area contributed by atoms with E-state index in [0.29, 0.717) is 11.3 Å². The smallest absolute Gasteiger partial charge is 0.269 e. The predicted octanol–water partition coefficient (Wildman–Crippen LogP) is 2.88. The molecule has 1 N–H and O–H groups in total. The number of nitro groups is 1. The summed E-state index contributed by atoms with van der Waals surface area (Å²) in [6.07, 6.45) is 0. The highest BCUT2D eigenvalue weighted by molar-refractivity contribution is 5.39. The molecule has 0 heterocycles. The van der Waals surface area contributed by atoms with Crippen molar-refractivity contribution < 1.29 is 14.8 Å². The largest absolute Gasteiger partial charge is 0.504 e. The summed E-state index contributed by atoms with van der Waals surface area (Å²) in [5, 5.41) is 20.1. The van der Waals surface area contributed by atoms with Gasteiger partial charge in [0.2, 0.25) is 0 Å². The fraction of sp³-hybridized carbons (Fsp3) is 0.0769. The number of phenolic OH excluding ortho intramolecular Hbond substituents is 1. The van der Waals surface area contributed by atoms with Crippen molar-refractivity contribution in [1.29, 1.82) is 0 Å². The lowest BCUT2D eigenvalue weighted by Crippen LogP contribution is -1.97. The summed E-state index contributed by atoms with van der Waals surface area (Å²) in [4.78, 5) is 10.2. The fourth-order valence-electron chi connectivity index (χ4n) is 1.50. The number of benzene rings is 2. The summed E-state index contributed by atoms with van der Waals surface area (Å²) >= 11 is 0. The number of nitro benzene ring substituents is 1. The number of para-hydroxylation sites is 2. The SMILES string of the molecule is O=[N+]([O-])c1cccc(COc2ccccc2O)c1. The molecule has 5 nitrogen and oxygen atoms in total. The molecule has 0 saturated heterocycles. The summed E-state index contributed by atoms with van der Waals surface area (Å²) in [5.74, 6) is 0.395. The van der Waals surface area contributed by atoms with Gasteiger partial charge in [0.25, 0.3) is 5.69 Å². The third-order valence-corrected chi connectivity index (χ3v) is 2.38. The second kappa shape index (κ2) is 5.18. The number of non-ortho nitro benzene ring substituents is 1. The topological polar surface area (TPSA) is 72.6 Å². The second-order valence-electron chi connectivity index (χ2n) is 3.68. The van der Waals surface area contributed by atoms with Gasteiger partial charge >= 0.3 is 0 Å². The average molecular weight is 245 g/mol. The van der Waals surface area contributed by atoms with Crippen LogP contribution in [0.1, 0.15) is 5.56 Å². The zero-order chi connectivity index (χ0) is 13.0. The summed E-state index contributed by atoms with van der Waals surface area (Å²) in [6.45, 7) is 0.166. The lowest BCUT2D eigenvalue weighted by Gasteiger charge is -2.07. The van der Waals surface area contributed by atoms with E-state index in [1.807, 2.05) is 0 Å². The van der Waals surface area contributed by atoms with Crippen LogP contribution in [-0.2, 0) is 6.61 Å². The van der Waals surface area contributed by atoms with Gasteiger partial charge in [0.1, 0.15) is 6.61 Å². The van der Waals surface area contributed by atoms with Crippen LogP contribution in [0.2, 0.25) is 0 Å². The summed E-state index contributed by atoms with van der Waals surface area (Å²) in [6, 6.07) is 12.8. The first-order valence-electron chi connectivity index (χ1n) is 5.31. The van der Waals surface area contributed by atoms with E-state index in [-0.39, 0.29) is 18.0 Å². The Hall–Kier alpha value is -2.56. The molecule has 0 saturated carbocycles. The minimum absolute atomic E-state index is 0.0217. The van der Waals surface area contributed by atoms with Crippen LogP contribution in [0.3, 0.4) is 0 Å². The highest BCUT2D eigenvalue weighted by Gasteiger charge is 2.06. The Morgan fingerprint density at radius 2 is 1.94 bits per heavy atom. The molecule has 5 heteroatoms. The Bertz CT molecular complexity index is 568. The van der Waals surface area contributed by atoms with Gasteiger partial charge in [-0.1, -0.05) is 24.3 Å². The molecule has 0 amide bonds. The lowest BCUT2D eigenvalue weighted by molar-refractivity contribution is -0.384. The average Bonchev–Trinajstić information content (AvgIpc) is 2.38. The molecule has 0 aromatic heterocycles. The first-order chi connectivity index (χ1) is 8.66. The highest BCUT2D eigenvalue weighted by atomic mass is 16.6. The third-order valence-electron chi connectivity index (χ3n) is 2.38. The van der Waals surface area contributed by atoms with Crippen molar-refractivity contribution in [3.63, 3.8) is 0 Å². The fourth-order valence-corrected chi connectivity index (χ4v) is 1.50. The van der Waals surface area contributed by atoms with Crippen molar-refractivity contribution in [2.24, 2.45) is 0 Å². The Balaban J connectivity index is 2.09. The third kappa shape index (κ3) is 2.76. The Kier molecular flexibility index (Phi) is 3.43. The van der Waals surface area contributed by atoms with Crippen LogP contribution < -0.4 is 4.74 Å². The zero-order valence-corrected chi connectivity index (χ0v) is 9.45. The van der Waals surface area contributed by atoms with E-state index in [1.165, 1.54) is 18.2 Å². The van der Waals surface area contributed by atoms with Crippen molar-refractivity contribution in [3.8, 4) is 11.5 Å². The van der Waals surface area contributed by atoms with Crippen molar-refractivity contribution in [1.82, 2.24) is 0 Å². The molecule has 2 aromatic carbocycles. The molecule has 0 fully saturated rings. The number of rotatable bonds is 4. The van der Waals surface area contributed by atoms with E-state index in [9.17, 15) is 15.2 Å². The minimum Gasteiger partial charge on any atom is -0.504 e. The van der Waals surface area contributed by atoms with Gasteiger partial charge in [-0.25, -0.2) is 0 Å². The number of hydrogen-bond donors (Lipinski definition) is 1. The van der Waals surface area contributed by atoms with E-state index in [4.69, 9.17) is 4.74 Å². The molecule has 2 aromatic rings. The summed E-state index contributed by atoms with van der Waals surface area (Å²) < 4.78 is 5.38. The van der Waals surface area contributed by atoms with Crippen molar-refractivity contribution in [2.45, 2.75) is 6.61 Å². The molecule has 0 bridgehead atoms. The number of ether oxygens (including phenoxy) is 1. The predicted molar refractivity (Wildman–Crippen MR) is 65.5 cm³/mol. The monoisotopic (exact) mass is 245 g/mol. The molecule has 0 unspecified atom stereocenters. The van der Waals surface area contributed by atoms with Gasteiger partial charge in [-0.3, -0.25) is 10.1 Å². The molecule has 0 spiro atoms. The van der Waals surface area contributed by atoms with Gasteiger partial charge in [-0.05, 0) is 17.7 Å². The molecule has 0 radical (unpaired) electrons. The summed E-state index contributed by atoms with van der Waals surface area (Å²) in [5.41, 5.74) is 0.695. The zero-order valence-electron chi connectivity index (χ0n) is 9.45. The van der Waals surface area contributed by atoms with Gasteiger partial charge in [0.15, 0.2) is 11.5 Å². The summed E-state index contributed by atoms with van der Waals surface area (Å²) in [7, 11) is 0. The van der Waals surface area contributed by atoms with Crippen molar-refractivity contribution in [2.75, 3.05) is 0 Å². The number of nitrogens with zero attached hydrogens (tertiary/aromatic N) is 1. The van der Waals surface area contributed by atoms with Crippen LogP contribution >= 0.6 is 0 Å². The van der Waals surface area contributed by atoms with Crippen LogP contribution in [0.4, 0.5) is 5.69 Å². The second-order valence-corrected chi connectivity index (χ2v) is 3.68. The van der Waals surface area contributed by atoms with Crippen molar-refractivity contribution >= 4 is 5.69 Å². The Morgan fingerprint density at radius 1 is 1.17 bits per heavy atom. The van der Waals surface area contributed by atoms with E-state index >= 15 is 0 Å². The highest BCUT2D eigenvalue weighted by Crippen LogP contribution is 2.25. The van der Waals surface area contributed by atoms with Crippen LogP contribution in [-0.4, -0.2) is 10.0 Å².